The molecule has 0 saturated carbocycles. The zero-order chi connectivity index (χ0) is 16.7. The second-order valence-corrected chi connectivity index (χ2v) is 6.86. The van der Waals surface area contributed by atoms with Gasteiger partial charge in [-0.1, -0.05) is 32.9 Å². The van der Waals surface area contributed by atoms with Gasteiger partial charge in [-0.15, -0.1) is 0 Å². The van der Waals surface area contributed by atoms with Gasteiger partial charge in [0.05, 0.1) is 6.54 Å². The van der Waals surface area contributed by atoms with Gasteiger partial charge in [0.15, 0.2) is 0 Å². The predicted molar refractivity (Wildman–Crippen MR) is 96.9 cm³/mol. The Kier molecular flexibility index (Phi) is 7.06. The molecule has 0 aliphatic carbocycles. The lowest BCUT2D eigenvalue weighted by Crippen LogP contribution is -2.41. The standard InChI is InChI=1S/C19H31N3O/c1-4-20-13-16-8-10-22(11-9-16)14-19(23)21-18-7-5-6-17(12-18)15(2)3/h5-7,12,15-16,20H,4,8-11,13-14H2,1-3H3,(H,21,23). The predicted octanol–water partition coefficient (Wildman–Crippen LogP) is 3.07. The van der Waals surface area contributed by atoms with Crippen LogP contribution in [0.4, 0.5) is 5.69 Å². The van der Waals surface area contributed by atoms with Crippen molar-refractivity contribution in [1.82, 2.24) is 10.2 Å². The molecule has 4 heteroatoms. The zero-order valence-corrected chi connectivity index (χ0v) is 14.8. The van der Waals surface area contributed by atoms with Crippen LogP contribution in [0.3, 0.4) is 0 Å². The fourth-order valence-electron chi connectivity index (χ4n) is 3.08. The van der Waals surface area contributed by atoms with Crippen molar-refractivity contribution in [2.45, 2.75) is 39.5 Å². The normalized spacial score (nSPS) is 16.7. The summed E-state index contributed by atoms with van der Waals surface area (Å²) in [6.45, 7) is 11.2. The van der Waals surface area contributed by atoms with E-state index >= 15 is 0 Å². The summed E-state index contributed by atoms with van der Waals surface area (Å²) in [6.07, 6.45) is 2.37. The van der Waals surface area contributed by atoms with Crippen LogP contribution in [0.2, 0.25) is 0 Å². The molecular formula is C19H31N3O. The number of anilines is 1. The summed E-state index contributed by atoms with van der Waals surface area (Å²) in [4.78, 5) is 14.5. The van der Waals surface area contributed by atoms with Crippen molar-refractivity contribution in [2.24, 2.45) is 5.92 Å². The van der Waals surface area contributed by atoms with Gasteiger partial charge in [-0.05, 0) is 68.6 Å². The largest absolute Gasteiger partial charge is 0.325 e. The number of likely N-dealkylation sites (tertiary alicyclic amines) is 1. The van der Waals surface area contributed by atoms with Gasteiger partial charge in [0.1, 0.15) is 0 Å². The number of carbonyl (C=O) groups excluding carboxylic acids is 1. The van der Waals surface area contributed by atoms with E-state index in [0.717, 1.165) is 37.8 Å². The first-order valence-electron chi connectivity index (χ1n) is 8.91. The quantitative estimate of drug-likeness (QED) is 0.812. The van der Waals surface area contributed by atoms with E-state index in [-0.39, 0.29) is 5.91 Å². The van der Waals surface area contributed by atoms with E-state index < -0.39 is 0 Å². The highest BCUT2D eigenvalue weighted by molar-refractivity contribution is 5.92. The van der Waals surface area contributed by atoms with Crippen LogP contribution in [0.25, 0.3) is 0 Å². The third-order valence-corrected chi connectivity index (χ3v) is 4.59. The summed E-state index contributed by atoms with van der Waals surface area (Å²) in [5.74, 6) is 1.33. The summed E-state index contributed by atoms with van der Waals surface area (Å²) in [6, 6.07) is 8.16. The van der Waals surface area contributed by atoms with Gasteiger partial charge in [0, 0.05) is 5.69 Å². The molecule has 1 fully saturated rings. The van der Waals surface area contributed by atoms with Gasteiger partial charge >= 0.3 is 0 Å². The van der Waals surface area contributed by atoms with Crippen molar-refractivity contribution in [3.63, 3.8) is 0 Å². The topological polar surface area (TPSA) is 44.4 Å². The Hall–Kier alpha value is -1.39. The SMILES string of the molecule is CCNCC1CCN(CC(=O)Nc2cccc(C(C)C)c2)CC1. The fraction of sp³-hybridized carbons (Fsp3) is 0.632. The Bertz CT molecular complexity index is 493. The maximum absolute atomic E-state index is 12.3. The second kappa shape index (κ2) is 9.04. The third-order valence-electron chi connectivity index (χ3n) is 4.59. The molecule has 128 valence electrons. The molecular weight excluding hydrogens is 286 g/mol. The summed E-state index contributed by atoms with van der Waals surface area (Å²) < 4.78 is 0. The molecule has 1 aliphatic rings. The number of hydrogen-bond acceptors (Lipinski definition) is 3. The Labute approximate surface area is 140 Å². The number of amides is 1. The summed E-state index contributed by atoms with van der Waals surface area (Å²) in [5.41, 5.74) is 2.16. The Morgan fingerprint density at radius 3 is 2.70 bits per heavy atom. The van der Waals surface area contributed by atoms with Crippen LogP contribution >= 0.6 is 0 Å². The molecule has 1 saturated heterocycles. The first-order chi connectivity index (χ1) is 11.1. The van der Waals surface area contributed by atoms with Crippen molar-refractivity contribution in [3.8, 4) is 0 Å². The fourth-order valence-corrected chi connectivity index (χ4v) is 3.08. The van der Waals surface area contributed by atoms with E-state index in [9.17, 15) is 4.79 Å². The Balaban J connectivity index is 1.76. The first kappa shape index (κ1) is 18.0. The lowest BCUT2D eigenvalue weighted by molar-refractivity contribution is -0.117. The number of rotatable bonds is 7. The lowest BCUT2D eigenvalue weighted by atomic mass is 9.97. The number of nitrogens with one attached hydrogen (secondary N) is 2. The van der Waals surface area contributed by atoms with Gasteiger partial charge in [-0.25, -0.2) is 0 Å². The molecule has 1 aliphatic heterocycles. The number of carbonyl (C=O) groups is 1. The van der Waals surface area contributed by atoms with E-state index in [2.05, 4.69) is 48.4 Å². The number of hydrogen-bond donors (Lipinski definition) is 2. The van der Waals surface area contributed by atoms with Crippen LogP contribution in [-0.2, 0) is 4.79 Å². The van der Waals surface area contributed by atoms with E-state index in [0.29, 0.717) is 12.5 Å². The minimum Gasteiger partial charge on any atom is -0.325 e. The van der Waals surface area contributed by atoms with Gasteiger partial charge in [0.2, 0.25) is 5.91 Å². The van der Waals surface area contributed by atoms with Gasteiger partial charge in [-0.2, -0.15) is 0 Å². The lowest BCUT2D eigenvalue weighted by Gasteiger charge is -2.31. The minimum atomic E-state index is 0.0936. The second-order valence-electron chi connectivity index (χ2n) is 6.86. The molecule has 0 aromatic heterocycles. The van der Waals surface area contributed by atoms with Gasteiger partial charge < -0.3 is 10.6 Å². The van der Waals surface area contributed by atoms with Crippen LogP contribution in [-0.4, -0.2) is 43.5 Å². The molecule has 2 N–H and O–H groups in total. The molecule has 0 spiro atoms. The van der Waals surface area contributed by atoms with E-state index in [4.69, 9.17) is 0 Å². The number of piperidine rings is 1. The summed E-state index contributed by atoms with van der Waals surface area (Å²) in [7, 11) is 0. The zero-order valence-electron chi connectivity index (χ0n) is 14.8. The van der Waals surface area contributed by atoms with Crippen LogP contribution < -0.4 is 10.6 Å². The molecule has 0 atom stereocenters. The average molecular weight is 317 g/mol. The van der Waals surface area contributed by atoms with E-state index in [1.807, 2.05) is 12.1 Å². The summed E-state index contributed by atoms with van der Waals surface area (Å²) in [5, 5.41) is 6.46. The van der Waals surface area contributed by atoms with Crippen molar-refractivity contribution < 1.29 is 4.79 Å². The van der Waals surface area contributed by atoms with Gasteiger partial charge in [-0.3, -0.25) is 9.69 Å². The highest BCUT2D eigenvalue weighted by atomic mass is 16.2. The molecule has 1 aromatic carbocycles. The molecule has 0 radical (unpaired) electrons. The van der Waals surface area contributed by atoms with E-state index in [1.165, 1.54) is 18.4 Å². The Morgan fingerprint density at radius 1 is 1.30 bits per heavy atom. The maximum atomic E-state index is 12.3. The molecule has 1 amide bonds. The average Bonchev–Trinajstić information content (AvgIpc) is 2.54. The molecule has 2 rings (SSSR count). The monoisotopic (exact) mass is 317 g/mol. The van der Waals surface area contributed by atoms with Crippen molar-refractivity contribution >= 4 is 11.6 Å². The third kappa shape index (κ3) is 5.96. The summed E-state index contributed by atoms with van der Waals surface area (Å²) >= 11 is 0. The van der Waals surface area contributed by atoms with Crippen molar-refractivity contribution in [1.29, 1.82) is 0 Å². The highest BCUT2D eigenvalue weighted by Crippen LogP contribution is 2.19. The van der Waals surface area contributed by atoms with Gasteiger partial charge in [0.25, 0.3) is 0 Å². The minimum absolute atomic E-state index is 0.0936. The van der Waals surface area contributed by atoms with Crippen molar-refractivity contribution in [2.75, 3.05) is 38.0 Å². The van der Waals surface area contributed by atoms with Crippen LogP contribution in [0.15, 0.2) is 24.3 Å². The molecule has 0 bridgehead atoms. The number of benzene rings is 1. The van der Waals surface area contributed by atoms with Crippen LogP contribution in [0.5, 0.6) is 0 Å². The number of nitrogens with zero attached hydrogens (tertiary/aromatic N) is 1. The molecule has 1 heterocycles. The smallest absolute Gasteiger partial charge is 0.238 e. The van der Waals surface area contributed by atoms with E-state index in [1.54, 1.807) is 0 Å². The van der Waals surface area contributed by atoms with Crippen LogP contribution in [0.1, 0.15) is 45.1 Å². The molecule has 23 heavy (non-hydrogen) atoms. The Morgan fingerprint density at radius 2 is 2.04 bits per heavy atom. The molecule has 4 nitrogen and oxygen atoms in total. The first-order valence-corrected chi connectivity index (χ1v) is 8.91. The van der Waals surface area contributed by atoms with Crippen molar-refractivity contribution in [3.05, 3.63) is 29.8 Å². The van der Waals surface area contributed by atoms with Crippen LogP contribution in [0, 0.1) is 5.92 Å². The highest BCUT2D eigenvalue weighted by Gasteiger charge is 2.20. The molecule has 0 unspecified atom stereocenters. The molecule has 1 aromatic rings. The maximum Gasteiger partial charge on any atom is 0.238 e.